The maximum atomic E-state index is 12.2. The topological polar surface area (TPSA) is 50.2 Å². The number of carbonyl (C=O) groups excluding carboxylic acids is 1. The first-order valence-electron chi connectivity index (χ1n) is 7.87. The zero-order valence-corrected chi connectivity index (χ0v) is 13.5. The van der Waals surface area contributed by atoms with E-state index in [-0.39, 0.29) is 5.91 Å². The van der Waals surface area contributed by atoms with Gasteiger partial charge in [0.1, 0.15) is 0 Å². The van der Waals surface area contributed by atoms with E-state index in [0.717, 1.165) is 37.4 Å². The van der Waals surface area contributed by atoms with E-state index >= 15 is 0 Å². The molecule has 0 fully saturated rings. The van der Waals surface area contributed by atoms with E-state index in [1.807, 2.05) is 30.5 Å². The minimum absolute atomic E-state index is 0.176. The first-order valence-corrected chi connectivity index (χ1v) is 7.87. The molecular formula is C17H24N4O. The number of anilines is 2. The molecule has 0 aliphatic rings. The predicted molar refractivity (Wildman–Crippen MR) is 90.5 cm³/mol. The Kier molecular flexibility index (Phi) is 5.58. The van der Waals surface area contributed by atoms with Crippen molar-refractivity contribution in [1.29, 1.82) is 0 Å². The molecule has 0 atom stereocenters. The molecule has 1 aromatic carbocycles. The van der Waals surface area contributed by atoms with E-state index < -0.39 is 0 Å². The Bertz CT molecular complexity index is 599. The maximum Gasteiger partial charge on any atom is 0.276 e. The van der Waals surface area contributed by atoms with Crippen molar-refractivity contribution in [2.45, 2.75) is 33.7 Å². The molecule has 0 saturated heterocycles. The Hall–Kier alpha value is -2.30. The van der Waals surface area contributed by atoms with Crippen LogP contribution < -0.4 is 10.2 Å². The summed E-state index contributed by atoms with van der Waals surface area (Å²) in [5.74, 6) is -0.176. The van der Waals surface area contributed by atoms with Crippen LogP contribution in [0.15, 0.2) is 36.5 Å². The van der Waals surface area contributed by atoms with E-state index in [4.69, 9.17) is 0 Å². The lowest BCUT2D eigenvalue weighted by atomic mass is 10.2. The summed E-state index contributed by atoms with van der Waals surface area (Å²) < 4.78 is 1.79. The predicted octanol–water partition coefficient (Wildman–Crippen LogP) is 3.39. The second-order valence-electron chi connectivity index (χ2n) is 5.14. The van der Waals surface area contributed by atoms with E-state index in [9.17, 15) is 4.79 Å². The molecule has 0 bridgehead atoms. The zero-order valence-electron chi connectivity index (χ0n) is 13.5. The molecule has 22 heavy (non-hydrogen) atoms. The van der Waals surface area contributed by atoms with Crippen molar-refractivity contribution in [3.05, 3.63) is 42.2 Å². The summed E-state index contributed by atoms with van der Waals surface area (Å²) in [7, 11) is 0. The average Bonchev–Trinajstić information content (AvgIpc) is 2.99. The number of rotatable bonds is 7. The summed E-state index contributed by atoms with van der Waals surface area (Å²) in [4.78, 5) is 14.4. The van der Waals surface area contributed by atoms with Gasteiger partial charge in [0.2, 0.25) is 0 Å². The molecule has 1 N–H and O–H groups in total. The molecule has 0 unspecified atom stereocenters. The van der Waals surface area contributed by atoms with E-state index in [0.29, 0.717) is 5.69 Å². The lowest BCUT2D eigenvalue weighted by Gasteiger charge is -2.21. The van der Waals surface area contributed by atoms with Gasteiger partial charge < -0.3 is 10.2 Å². The third kappa shape index (κ3) is 3.87. The smallest absolute Gasteiger partial charge is 0.276 e. The standard InChI is InChI=1S/C17H24N4O/c1-4-12-21-13-11-16(19-21)17(22)18-14-7-9-15(10-8-14)20(5-2)6-3/h7-11,13H,4-6,12H2,1-3H3,(H,18,22). The minimum atomic E-state index is -0.176. The Morgan fingerprint density at radius 1 is 1.14 bits per heavy atom. The highest BCUT2D eigenvalue weighted by Crippen LogP contribution is 2.18. The van der Waals surface area contributed by atoms with Gasteiger partial charge in [0.25, 0.3) is 5.91 Å². The van der Waals surface area contributed by atoms with Gasteiger partial charge in [-0.05, 0) is 50.6 Å². The normalized spacial score (nSPS) is 10.5. The summed E-state index contributed by atoms with van der Waals surface area (Å²) in [5, 5.41) is 7.15. The molecule has 1 heterocycles. The van der Waals surface area contributed by atoms with Crippen LogP contribution in [-0.2, 0) is 6.54 Å². The highest BCUT2D eigenvalue weighted by atomic mass is 16.1. The molecule has 2 rings (SSSR count). The molecule has 5 heteroatoms. The van der Waals surface area contributed by atoms with E-state index in [2.05, 4.69) is 36.1 Å². The van der Waals surface area contributed by atoms with Crippen LogP contribution in [-0.4, -0.2) is 28.8 Å². The van der Waals surface area contributed by atoms with Crippen LogP contribution in [0.1, 0.15) is 37.7 Å². The number of aryl methyl sites for hydroxylation is 1. The van der Waals surface area contributed by atoms with Crippen molar-refractivity contribution in [3.63, 3.8) is 0 Å². The Morgan fingerprint density at radius 2 is 1.82 bits per heavy atom. The van der Waals surface area contributed by atoms with Crippen LogP contribution in [0.4, 0.5) is 11.4 Å². The minimum Gasteiger partial charge on any atom is -0.372 e. The van der Waals surface area contributed by atoms with Crippen LogP contribution in [0, 0.1) is 0 Å². The number of benzene rings is 1. The number of carbonyl (C=O) groups is 1. The number of hydrogen-bond donors (Lipinski definition) is 1. The molecule has 0 saturated carbocycles. The van der Waals surface area contributed by atoms with Gasteiger partial charge in [-0.15, -0.1) is 0 Å². The molecule has 118 valence electrons. The van der Waals surface area contributed by atoms with E-state index in [1.54, 1.807) is 10.7 Å². The fourth-order valence-corrected chi connectivity index (χ4v) is 2.38. The van der Waals surface area contributed by atoms with Crippen LogP contribution in [0.2, 0.25) is 0 Å². The van der Waals surface area contributed by atoms with Crippen LogP contribution in [0.5, 0.6) is 0 Å². The van der Waals surface area contributed by atoms with Crippen LogP contribution >= 0.6 is 0 Å². The van der Waals surface area contributed by atoms with Crippen molar-refractivity contribution in [1.82, 2.24) is 9.78 Å². The molecule has 0 aliphatic heterocycles. The molecule has 1 amide bonds. The molecule has 1 aromatic heterocycles. The second-order valence-corrected chi connectivity index (χ2v) is 5.14. The maximum absolute atomic E-state index is 12.2. The highest BCUT2D eigenvalue weighted by molar-refractivity contribution is 6.02. The van der Waals surface area contributed by atoms with Crippen molar-refractivity contribution in [3.8, 4) is 0 Å². The Labute approximate surface area is 131 Å². The Balaban J connectivity index is 2.01. The van der Waals surface area contributed by atoms with Crippen molar-refractivity contribution < 1.29 is 4.79 Å². The van der Waals surface area contributed by atoms with Gasteiger partial charge in [-0.3, -0.25) is 9.48 Å². The number of nitrogens with zero attached hydrogens (tertiary/aromatic N) is 3. The first-order chi connectivity index (χ1) is 10.7. The summed E-state index contributed by atoms with van der Waals surface area (Å²) in [6, 6.07) is 9.65. The fourth-order valence-electron chi connectivity index (χ4n) is 2.38. The van der Waals surface area contributed by atoms with Gasteiger partial charge >= 0.3 is 0 Å². The van der Waals surface area contributed by atoms with Gasteiger partial charge in [0.15, 0.2) is 5.69 Å². The number of aromatic nitrogens is 2. The number of amides is 1. The van der Waals surface area contributed by atoms with Gasteiger partial charge in [0, 0.05) is 37.2 Å². The van der Waals surface area contributed by atoms with Gasteiger partial charge in [-0.2, -0.15) is 5.10 Å². The second kappa shape index (κ2) is 7.64. The Morgan fingerprint density at radius 3 is 2.41 bits per heavy atom. The number of nitrogens with one attached hydrogen (secondary N) is 1. The summed E-state index contributed by atoms with van der Waals surface area (Å²) in [6.07, 6.45) is 2.83. The molecule has 5 nitrogen and oxygen atoms in total. The first kappa shape index (κ1) is 16.1. The summed E-state index contributed by atoms with van der Waals surface area (Å²) in [5.41, 5.74) is 2.39. The zero-order chi connectivity index (χ0) is 15.9. The van der Waals surface area contributed by atoms with Crippen molar-refractivity contribution in [2.24, 2.45) is 0 Å². The van der Waals surface area contributed by atoms with Crippen LogP contribution in [0.3, 0.4) is 0 Å². The lowest BCUT2D eigenvalue weighted by molar-refractivity contribution is 0.102. The van der Waals surface area contributed by atoms with E-state index in [1.165, 1.54) is 0 Å². The van der Waals surface area contributed by atoms with Crippen molar-refractivity contribution >= 4 is 17.3 Å². The molecule has 0 aliphatic carbocycles. The molecule has 0 radical (unpaired) electrons. The fraction of sp³-hybridized carbons (Fsp3) is 0.412. The van der Waals surface area contributed by atoms with Gasteiger partial charge in [-0.25, -0.2) is 0 Å². The van der Waals surface area contributed by atoms with Crippen LogP contribution in [0.25, 0.3) is 0 Å². The van der Waals surface area contributed by atoms with Gasteiger partial charge in [0.05, 0.1) is 0 Å². The largest absolute Gasteiger partial charge is 0.372 e. The average molecular weight is 300 g/mol. The molecular weight excluding hydrogens is 276 g/mol. The molecule has 0 spiro atoms. The quantitative estimate of drug-likeness (QED) is 0.852. The summed E-state index contributed by atoms with van der Waals surface area (Å²) >= 11 is 0. The third-order valence-electron chi connectivity index (χ3n) is 3.58. The monoisotopic (exact) mass is 300 g/mol. The summed E-state index contributed by atoms with van der Waals surface area (Å²) in [6.45, 7) is 9.11. The number of hydrogen-bond acceptors (Lipinski definition) is 3. The van der Waals surface area contributed by atoms with Gasteiger partial charge in [-0.1, -0.05) is 6.92 Å². The third-order valence-corrected chi connectivity index (χ3v) is 3.58. The lowest BCUT2D eigenvalue weighted by Crippen LogP contribution is -2.21. The molecule has 2 aromatic rings. The van der Waals surface area contributed by atoms with Crippen molar-refractivity contribution in [2.75, 3.05) is 23.3 Å². The highest BCUT2D eigenvalue weighted by Gasteiger charge is 2.10. The SMILES string of the molecule is CCCn1ccc(C(=O)Nc2ccc(N(CC)CC)cc2)n1.